The molecule has 0 heterocycles. The first-order valence-electron chi connectivity index (χ1n) is 6.45. The summed E-state index contributed by atoms with van der Waals surface area (Å²) in [5.41, 5.74) is -0.492. The van der Waals surface area contributed by atoms with E-state index in [0.29, 0.717) is 12.5 Å². The minimum atomic E-state index is -4.41. The van der Waals surface area contributed by atoms with Crippen LogP contribution in [0.2, 0.25) is 0 Å². The second kappa shape index (κ2) is 6.04. The van der Waals surface area contributed by atoms with E-state index in [1.165, 1.54) is 17.0 Å². The molecule has 0 aromatic heterocycles. The molecule has 0 spiro atoms. The number of nitrogens with zero attached hydrogens (tertiary/aromatic N) is 1. The molecule has 0 atom stereocenters. The average Bonchev–Trinajstić information content (AvgIpc) is 2.36. The van der Waals surface area contributed by atoms with Crippen molar-refractivity contribution >= 4 is 23.2 Å². The standard InChI is InChI=1S/C14H15ClF3NO/c15-8-13(20)19(9-10-3-1-4-10)12-6-2-5-11(7-12)14(16,17)18/h2,5-7,10H,1,3-4,8-9H2. The van der Waals surface area contributed by atoms with Crippen LogP contribution in [0.3, 0.4) is 0 Å². The Kier molecular flexibility index (Phi) is 4.58. The second-order valence-corrected chi connectivity index (χ2v) is 5.25. The van der Waals surface area contributed by atoms with Gasteiger partial charge in [0.15, 0.2) is 0 Å². The Bertz CT molecular complexity index is 486. The van der Waals surface area contributed by atoms with Crippen molar-refractivity contribution in [3.63, 3.8) is 0 Å². The molecule has 0 radical (unpaired) electrons. The van der Waals surface area contributed by atoms with Crippen LogP contribution in [0.15, 0.2) is 24.3 Å². The number of carbonyl (C=O) groups is 1. The Balaban J connectivity index is 2.25. The van der Waals surface area contributed by atoms with Gasteiger partial charge >= 0.3 is 6.18 Å². The van der Waals surface area contributed by atoms with E-state index in [1.807, 2.05) is 0 Å². The Morgan fingerprint density at radius 1 is 1.35 bits per heavy atom. The molecule has 1 fully saturated rings. The number of benzene rings is 1. The van der Waals surface area contributed by atoms with Gasteiger partial charge in [0.1, 0.15) is 5.88 Å². The fourth-order valence-electron chi connectivity index (χ4n) is 2.21. The highest BCUT2D eigenvalue weighted by Gasteiger charge is 2.32. The van der Waals surface area contributed by atoms with Gasteiger partial charge in [-0.15, -0.1) is 11.6 Å². The SMILES string of the molecule is O=C(CCl)N(CC1CCC1)c1cccc(C(F)(F)F)c1. The summed E-state index contributed by atoms with van der Waals surface area (Å²) in [6.45, 7) is 0.437. The van der Waals surface area contributed by atoms with Crippen molar-refractivity contribution in [2.24, 2.45) is 5.92 Å². The maximum Gasteiger partial charge on any atom is 0.416 e. The predicted molar refractivity (Wildman–Crippen MR) is 71.9 cm³/mol. The number of halogens is 4. The number of carbonyl (C=O) groups excluding carboxylic acids is 1. The third kappa shape index (κ3) is 3.45. The molecule has 1 aliphatic carbocycles. The Labute approximate surface area is 120 Å². The quantitative estimate of drug-likeness (QED) is 0.768. The molecule has 20 heavy (non-hydrogen) atoms. The Morgan fingerprint density at radius 2 is 2.05 bits per heavy atom. The van der Waals surface area contributed by atoms with E-state index < -0.39 is 11.7 Å². The molecule has 0 aliphatic heterocycles. The molecular weight excluding hydrogens is 291 g/mol. The topological polar surface area (TPSA) is 20.3 Å². The summed E-state index contributed by atoms with van der Waals surface area (Å²) in [6, 6.07) is 4.82. The van der Waals surface area contributed by atoms with Crippen LogP contribution in [0.25, 0.3) is 0 Å². The van der Waals surface area contributed by atoms with Gasteiger partial charge in [0.25, 0.3) is 0 Å². The van der Waals surface area contributed by atoms with E-state index in [2.05, 4.69) is 0 Å². The van der Waals surface area contributed by atoms with Crippen molar-refractivity contribution in [1.29, 1.82) is 0 Å². The van der Waals surface area contributed by atoms with Crippen LogP contribution in [0, 0.1) is 5.92 Å². The zero-order valence-corrected chi connectivity index (χ0v) is 11.5. The first kappa shape index (κ1) is 15.2. The molecule has 2 nitrogen and oxygen atoms in total. The molecule has 1 amide bonds. The van der Waals surface area contributed by atoms with Gasteiger partial charge in [-0.3, -0.25) is 4.79 Å². The molecule has 1 aromatic carbocycles. The fraction of sp³-hybridized carbons (Fsp3) is 0.500. The highest BCUT2D eigenvalue weighted by Crippen LogP contribution is 2.33. The normalized spacial score (nSPS) is 15.8. The lowest BCUT2D eigenvalue weighted by molar-refractivity contribution is -0.137. The zero-order valence-electron chi connectivity index (χ0n) is 10.8. The zero-order chi connectivity index (χ0) is 14.8. The molecule has 0 bridgehead atoms. The average molecular weight is 306 g/mol. The third-order valence-corrected chi connectivity index (χ3v) is 3.79. The molecule has 1 aliphatic rings. The maximum atomic E-state index is 12.7. The van der Waals surface area contributed by atoms with Crippen molar-refractivity contribution in [3.05, 3.63) is 29.8 Å². The molecule has 1 aromatic rings. The van der Waals surface area contributed by atoms with E-state index in [0.717, 1.165) is 31.4 Å². The van der Waals surface area contributed by atoms with Crippen molar-refractivity contribution in [1.82, 2.24) is 0 Å². The highest BCUT2D eigenvalue weighted by molar-refractivity contribution is 6.29. The summed E-state index contributed by atoms with van der Waals surface area (Å²) in [7, 11) is 0. The summed E-state index contributed by atoms with van der Waals surface area (Å²) in [5, 5.41) is 0. The van der Waals surface area contributed by atoms with Gasteiger partial charge in [0.2, 0.25) is 5.91 Å². The van der Waals surface area contributed by atoms with Crippen LogP contribution in [-0.4, -0.2) is 18.3 Å². The van der Waals surface area contributed by atoms with E-state index >= 15 is 0 Å². The van der Waals surface area contributed by atoms with Crippen molar-refractivity contribution in [3.8, 4) is 0 Å². The summed E-state index contributed by atoms with van der Waals surface area (Å²) in [4.78, 5) is 13.2. The lowest BCUT2D eigenvalue weighted by atomic mass is 9.85. The predicted octanol–water partition coefficient (Wildman–Crippen LogP) is 4.08. The van der Waals surface area contributed by atoms with E-state index in [9.17, 15) is 18.0 Å². The maximum absolute atomic E-state index is 12.7. The minimum absolute atomic E-state index is 0.233. The van der Waals surface area contributed by atoms with Gasteiger partial charge in [0.05, 0.1) is 5.56 Å². The number of anilines is 1. The van der Waals surface area contributed by atoms with Gasteiger partial charge in [-0.05, 0) is 37.0 Å². The van der Waals surface area contributed by atoms with Gasteiger partial charge in [-0.2, -0.15) is 13.2 Å². The molecule has 1 saturated carbocycles. The number of rotatable bonds is 4. The Morgan fingerprint density at radius 3 is 2.55 bits per heavy atom. The van der Waals surface area contributed by atoms with Crippen LogP contribution < -0.4 is 4.90 Å². The van der Waals surface area contributed by atoms with Crippen LogP contribution in [-0.2, 0) is 11.0 Å². The largest absolute Gasteiger partial charge is 0.416 e. The molecule has 110 valence electrons. The van der Waals surface area contributed by atoms with Gasteiger partial charge in [0, 0.05) is 12.2 Å². The second-order valence-electron chi connectivity index (χ2n) is 4.98. The number of alkyl halides is 4. The number of amides is 1. The molecule has 6 heteroatoms. The summed E-state index contributed by atoms with van der Waals surface area (Å²) in [6.07, 6.45) is -1.30. The van der Waals surface area contributed by atoms with Crippen LogP contribution >= 0.6 is 11.6 Å². The van der Waals surface area contributed by atoms with Gasteiger partial charge in [-0.1, -0.05) is 12.5 Å². The molecular formula is C14H15ClF3NO. The molecule has 2 rings (SSSR count). The van der Waals surface area contributed by atoms with Crippen LogP contribution in [0.1, 0.15) is 24.8 Å². The lowest BCUT2D eigenvalue weighted by Gasteiger charge is -2.32. The third-order valence-electron chi connectivity index (χ3n) is 3.57. The smallest absolute Gasteiger partial charge is 0.311 e. The molecule has 0 N–H and O–H groups in total. The molecule has 0 saturated heterocycles. The minimum Gasteiger partial charge on any atom is -0.311 e. The lowest BCUT2D eigenvalue weighted by Crippen LogP contribution is -2.38. The van der Waals surface area contributed by atoms with Gasteiger partial charge in [-0.25, -0.2) is 0 Å². The van der Waals surface area contributed by atoms with Crippen molar-refractivity contribution in [2.45, 2.75) is 25.4 Å². The van der Waals surface area contributed by atoms with Crippen molar-refractivity contribution in [2.75, 3.05) is 17.3 Å². The van der Waals surface area contributed by atoms with E-state index in [-0.39, 0.29) is 17.5 Å². The Hall–Kier alpha value is -1.23. The number of hydrogen-bond donors (Lipinski definition) is 0. The van der Waals surface area contributed by atoms with Crippen molar-refractivity contribution < 1.29 is 18.0 Å². The first-order chi connectivity index (χ1) is 9.41. The van der Waals surface area contributed by atoms with Crippen LogP contribution in [0.5, 0.6) is 0 Å². The molecule has 0 unspecified atom stereocenters. The monoisotopic (exact) mass is 305 g/mol. The van der Waals surface area contributed by atoms with E-state index in [1.54, 1.807) is 0 Å². The summed E-state index contributed by atoms with van der Waals surface area (Å²) in [5.74, 6) is -0.238. The fourth-order valence-corrected chi connectivity index (χ4v) is 2.35. The summed E-state index contributed by atoms with van der Waals surface area (Å²) < 4.78 is 38.2. The number of hydrogen-bond acceptors (Lipinski definition) is 1. The highest BCUT2D eigenvalue weighted by atomic mass is 35.5. The summed E-state index contributed by atoms with van der Waals surface area (Å²) >= 11 is 5.56. The van der Waals surface area contributed by atoms with Crippen LogP contribution in [0.4, 0.5) is 18.9 Å². The van der Waals surface area contributed by atoms with E-state index in [4.69, 9.17) is 11.6 Å². The first-order valence-corrected chi connectivity index (χ1v) is 6.99. The van der Waals surface area contributed by atoms with Gasteiger partial charge < -0.3 is 4.90 Å².